The van der Waals surface area contributed by atoms with Gasteiger partial charge in [0.15, 0.2) is 0 Å². The third kappa shape index (κ3) is 4.64. The zero-order valence-electron chi connectivity index (χ0n) is 13.3. The minimum absolute atomic E-state index is 0.176. The molecule has 1 aromatic heterocycles. The molecule has 0 atom stereocenters. The summed E-state index contributed by atoms with van der Waals surface area (Å²) in [5, 5.41) is 0. The largest absolute Gasteiger partial charge is 0.295 e. The average Bonchev–Trinajstić information content (AvgIpc) is 2.93. The molecule has 0 aliphatic rings. The van der Waals surface area contributed by atoms with Crippen molar-refractivity contribution in [1.29, 1.82) is 0 Å². The Balaban J connectivity index is 2.05. The highest BCUT2D eigenvalue weighted by Gasteiger charge is 2.18. The first-order chi connectivity index (χ1) is 10.8. The van der Waals surface area contributed by atoms with E-state index in [4.69, 9.17) is 0 Å². The van der Waals surface area contributed by atoms with Gasteiger partial charge >= 0.3 is 0 Å². The van der Waals surface area contributed by atoms with Crippen molar-refractivity contribution >= 4 is 11.8 Å². The van der Waals surface area contributed by atoms with E-state index in [-0.39, 0.29) is 29.3 Å². The highest BCUT2D eigenvalue weighted by atomic mass is 19.1. The third-order valence-electron chi connectivity index (χ3n) is 2.98. The molecular formula is C16H19FN4O2. The summed E-state index contributed by atoms with van der Waals surface area (Å²) >= 11 is 0. The second kappa shape index (κ2) is 6.60. The SMILES string of the molecule is CC(C)(C)CC(=O)NNC(=O)c1cncn1-c1ccc(F)cc1. The maximum Gasteiger partial charge on any atom is 0.288 e. The molecule has 0 spiro atoms. The molecule has 1 aromatic carbocycles. The van der Waals surface area contributed by atoms with Crippen LogP contribution in [0.2, 0.25) is 0 Å². The van der Waals surface area contributed by atoms with Gasteiger partial charge in [0.25, 0.3) is 5.91 Å². The number of carbonyl (C=O) groups is 2. The number of rotatable bonds is 3. The summed E-state index contributed by atoms with van der Waals surface area (Å²) in [4.78, 5) is 27.8. The van der Waals surface area contributed by atoms with Gasteiger partial charge in [-0.25, -0.2) is 9.37 Å². The lowest BCUT2D eigenvalue weighted by Crippen LogP contribution is -2.43. The van der Waals surface area contributed by atoms with Gasteiger partial charge in [-0.1, -0.05) is 20.8 Å². The van der Waals surface area contributed by atoms with E-state index in [1.54, 1.807) is 0 Å². The molecular weight excluding hydrogens is 299 g/mol. The maximum atomic E-state index is 13.0. The molecule has 2 rings (SSSR count). The van der Waals surface area contributed by atoms with E-state index >= 15 is 0 Å². The zero-order chi connectivity index (χ0) is 17.0. The van der Waals surface area contributed by atoms with Crippen LogP contribution in [0.25, 0.3) is 5.69 Å². The fourth-order valence-electron chi connectivity index (χ4n) is 1.99. The summed E-state index contributed by atoms with van der Waals surface area (Å²) in [5.74, 6) is -1.15. The van der Waals surface area contributed by atoms with Gasteiger partial charge in [-0.05, 0) is 29.7 Å². The lowest BCUT2D eigenvalue weighted by molar-refractivity contribution is -0.123. The standard InChI is InChI=1S/C16H19FN4O2/c1-16(2,3)8-14(22)19-20-15(23)13-9-18-10-21(13)12-6-4-11(17)5-7-12/h4-7,9-10H,8H2,1-3H3,(H,19,22)(H,20,23). The lowest BCUT2D eigenvalue weighted by Gasteiger charge is -2.17. The Labute approximate surface area is 133 Å². The second-order valence-electron chi connectivity index (χ2n) is 6.37. The first-order valence-corrected chi connectivity index (χ1v) is 7.14. The van der Waals surface area contributed by atoms with Crippen molar-refractivity contribution in [1.82, 2.24) is 20.4 Å². The number of hydrogen-bond acceptors (Lipinski definition) is 3. The quantitative estimate of drug-likeness (QED) is 0.852. The first-order valence-electron chi connectivity index (χ1n) is 7.14. The van der Waals surface area contributed by atoms with Crippen molar-refractivity contribution in [2.24, 2.45) is 5.41 Å². The zero-order valence-corrected chi connectivity index (χ0v) is 13.3. The number of nitrogens with one attached hydrogen (secondary N) is 2. The molecule has 0 saturated carbocycles. The number of imidazole rings is 1. The van der Waals surface area contributed by atoms with Crippen LogP contribution in [0.3, 0.4) is 0 Å². The minimum Gasteiger partial charge on any atom is -0.295 e. The monoisotopic (exact) mass is 318 g/mol. The number of hydrazine groups is 1. The van der Waals surface area contributed by atoms with E-state index in [0.717, 1.165) is 0 Å². The molecule has 0 aliphatic heterocycles. The van der Waals surface area contributed by atoms with Crippen LogP contribution in [0.4, 0.5) is 4.39 Å². The Kier molecular flexibility index (Phi) is 4.78. The van der Waals surface area contributed by atoms with Gasteiger partial charge in [-0.15, -0.1) is 0 Å². The summed E-state index contributed by atoms with van der Waals surface area (Å²) in [6.45, 7) is 5.79. The van der Waals surface area contributed by atoms with Gasteiger partial charge in [-0.2, -0.15) is 0 Å². The van der Waals surface area contributed by atoms with Gasteiger partial charge < -0.3 is 0 Å². The smallest absolute Gasteiger partial charge is 0.288 e. The topological polar surface area (TPSA) is 76.0 Å². The lowest BCUT2D eigenvalue weighted by atomic mass is 9.92. The third-order valence-corrected chi connectivity index (χ3v) is 2.98. The molecule has 2 N–H and O–H groups in total. The minimum atomic E-state index is -0.505. The molecule has 0 fully saturated rings. The number of amides is 2. The Morgan fingerprint density at radius 1 is 1.17 bits per heavy atom. The molecule has 0 aliphatic carbocycles. The average molecular weight is 318 g/mol. The van der Waals surface area contributed by atoms with Crippen LogP contribution < -0.4 is 10.9 Å². The Bertz CT molecular complexity index is 702. The predicted molar refractivity (Wildman–Crippen MR) is 83.2 cm³/mol. The van der Waals surface area contributed by atoms with Crippen LogP contribution in [0.1, 0.15) is 37.7 Å². The Hall–Kier alpha value is -2.70. The van der Waals surface area contributed by atoms with E-state index in [9.17, 15) is 14.0 Å². The predicted octanol–water partition coefficient (Wildman–Crippen LogP) is 2.21. The second-order valence-corrected chi connectivity index (χ2v) is 6.37. The Morgan fingerprint density at radius 2 is 1.83 bits per heavy atom. The van der Waals surface area contributed by atoms with E-state index in [0.29, 0.717) is 5.69 Å². The van der Waals surface area contributed by atoms with Gasteiger partial charge in [0.2, 0.25) is 5.91 Å². The molecule has 6 nitrogen and oxygen atoms in total. The van der Waals surface area contributed by atoms with Crippen LogP contribution in [-0.4, -0.2) is 21.4 Å². The molecule has 122 valence electrons. The van der Waals surface area contributed by atoms with Crippen LogP contribution in [0.15, 0.2) is 36.8 Å². The summed E-state index contributed by atoms with van der Waals surface area (Å²) in [5.41, 5.74) is 5.38. The van der Waals surface area contributed by atoms with Gasteiger partial charge in [-0.3, -0.25) is 25.0 Å². The number of carbonyl (C=O) groups excluding carboxylic acids is 2. The Morgan fingerprint density at radius 3 is 2.43 bits per heavy atom. The van der Waals surface area contributed by atoms with Crippen LogP contribution in [0.5, 0.6) is 0 Å². The van der Waals surface area contributed by atoms with Gasteiger partial charge in [0.05, 0.1) is 12.5 Å². The maximum absolute atomic E-state index is 13.0. The summed E-state index contributed by atoms with van der Waals surface area (Å²) in [6, 6.07) is 5.65. The summed E-state index contributed by atoms with van der Waals surface area (Å²) in [7, 11) is 0. The molecule has 7 heteroatoms. The van der Waals surface area contributed by atoms with Crippen molar-refractivity contribution in [2.45, 2.75) is 27.2 Å². The highest BCUT2D eigenvalue weighted by molar-refractivity contribution is 5.94. The fraction of sp³-hybridized carbons (Fsp3) is 0.312. The van der Waals surface area contributed by atoms with Crippen molar-refractivity contribution in [3.8, 4) is 5.69 Å². The van der Waals surface area contributed by atoms with Crippen molar-refractivity contribution < 1.29 is 14.0 Å². The number of benzene rings is 1. The van der Waals surface area contributed by atoms with Crippen molar-refractivity contribution in [3.05, 3.63) is 48.3 Å². The molecule has 2 aromatic rings. The number of halogens is 1. The van der Waals surface area contributed by atoms with E-state index in [2.05, 4.69) is 15.8 Å². The normalized spacial score (nSPS) is 11.1. The number of aromatic nitrogens is 2. The van der Waals surface area contributed by atoms with E-state index in [1.807, 2.05) is 20.8 Å². The molecule has 2 amide bonds. The van der Waals surface area contributed by atoms with E-state index < -0.39 is 5.91 Å². The fourth-order valence-corrected chi connectivity index (χ4v) is 1.99. The number of hydrogen-bond donors (Lipinski definition) is 2. The van der Waals surface area contributed by atoms with Crippen LogP contribution in [0, 0.1) is 11.2 Å². The van der Waals surface area contributed by atoms with Crippen LogP contribution in [-0.2, 0) is 4.79 Å². The van der Waals surface area contributed by atoms with Gasteiger partial charge in [0, 0.05) is 12.1 Å². The molecule has 1 heterocycles. The van der Waals surface area contributed by atoms with Crippen molar-refractivity contribution in [3.63, 3.8) is 0 Å². The summed E-state index contributed by atoms with van der Waals surface area (Å²) < 4.78 is 14.5. The van der Waals surface area contributed by atoms with E-state index in [1.165, 1.54) is 41.4 Å². The molecule has 23 heavy (non-hydrogen) atoms. The van der Waals surface area contributed by atoms with Gasteiger partial charge in [0.1, 0.15) is 11.5 Å². The number of nitrogens with zero attached hydrogens (tertiary/aromatic N) is 2. The van der Waals surface area contributed by atoms with Crippen molar-refractivity contribution in [2.75, 3.05) is 0 Å². The first kappa shape index (κ1) is 16.7. The van der Waals surface area contributed by atoms with Crippen LogP contribution >= 0.6 is 0 Å². The summed E-state index contributed by atoms with van der Waals surface area (Å²) in [6.07, 6.45) is 3.10. The molecule has 0 unspecified atom stereocenters. The molecule has 0 saturated heterocycles. The molecule has 0 bridgehead atoms. The highest BCUT2D eigenvalue weighted by Crippen LogP contribution is 2.17. The molecule has 0 radical (unpaired) electrons.